The minimum Gasteiger partial charge on any atom is -0.368 e. The Bertz CT molecular complexity index is 397. The summed E-state index contributed by atoms with van der Waals surface area (Å²) in [5.74, 6) is 1.13. The summed E-state index contributed by atoms with van der Waals surface area (Å²) in [6.45, 7) is 4.27. The highest BCUT2D eigenvalue weighted by molar-refractivity contribution is 8.00. The van der Waals surface area contributed by atoms with Gasteiger partial charge in [0, 0.05) is 29.7 Å². The highest BCUT2D eigenvalue weighted by Gasteiger charge is 2.18. The molecule has 1 unspecified atom stereocenters. The number of hydrogen-bond donors (Lipinski definition) is 0. The normalized spacial score (nSPS) is 20.9. The number of carbonyl (C=O) groups is 1. The lowest BCUT2D eigenvalue weighted by Crippen LogP contribution is -2.36. The van der Waals surface area contributed by atoms with Gasteiger partial charge in [-0.15, -0.1) is 0 Å². The first-order chi connectivity index (χ1) is 7.70. The summed E-state index contributed by atoms with van der Waals surface area (Å²) in [6, 6.07) is 5.49. The van der Waals surface area contributed by atoms with E-state index < -0.39 is 0 Å². The fourth-order valence-corrected chi connectivity index (χ4v) is 3.21. The van der Waals surface area contributed by atoms with Crippen molar-refractivity contribution in [2.45, 2.75) is 12.2 Å². The first kappa shape index (κ1) is 11.8. The van der Waals surface area contributed by atoms with Gasteiger partial charge < -0.3 is 4.90 Å². The highest BCUT2D eigenvalue weighted by Crippen LogP contribution is 2.30. The van der Waals surface area contributed by atoms with Gasteiger partial charge in [-0.2, -0.15) is 11.8 Å². The maximum absolute atomic E-state index is 10.6. The van der Waals surface area contributed by atoms with E-state index in [0.717, 1.165) is 30.8 Å². The topological polar surface area (TPSA) is 20.3 Å². The Balaban J connectivity index is 2.22. The Kier molecular flexibility index (Phi) is 3.77. The lowest BCUT2D eigenvalue weighted by molar-refractivity contribution is 0.112. The molecule has 0 bridgehead atoms. The van der Waals surface area contributed by atoms with E-state index in [1.54, 1.807) is 6.07 Å². The number of thioether (sulfide) groups is 1. The van der Waals surface area contributed by atoms with Crippen molar-refractivity contribution in [1.82, 2.24) is 0 Å². The maximum Gasteiger partial charge on any atom is 0.150 e. The Hall–Kier alpha value is -0.670. The molecular formula is C12H14ClNOS. The van der Waals surface area contributed by atoms with Crippen LogP contribution in [0.2, 0.25) is 5.02 Å². The molecular weight excluding hydrogens is 242 g/mol. The summed E-state index contributed by atoms with van der Waals surface area (Å²) in [7, 11) is 0. The third-order valence-corrected chi connectivity index (χ3v) is 4.13. The smallest absolute Gasteiger partial charge is 0.150 e. The number of rotatable bonds is 2. The van der Waals surface area contributed by atoms with Gasteiger partial charge in [0.2, 0.25) is 0 Å². The molecule has 1 fully saturated rings. The lowest BCUT2D eigenvalue weighted by atomic mass is 10.2. The average Bonchev–Trinajstić information content (AvgIpc) is 2.28. The molecule has 0 spiro atoms. The molecule has 0 amide bonds. The summed E-state index contributed by atoms with van der Waals surface area (Å²) < 4.78 is 0. The molecule has 1 atom stereocenters. The number of nitrogens with zero attached hydrogens (tertiary/aromatic N) is 1. The van der Waals surface area contributed by atoms with Crippen molar-refractivity contribution < 1.29 is 4.79 Å². The molecule has 16 heavy (non-hydrogen) atoms. The van der Waals surface area contributed by atoms with E-state index in [1.807, 2.05) is 23.9 Å². The molecule has 0 N–H and O–H groups in total. The van der Waals surface area contributed by atoms with Gasteiger partial charge in [0.05, 0.1) is 10.7 Å². The van der Waals surface area contributed by atoms with Gasteiger partial charge in [-0.05, 0) is 18.2 Å². The molecule has 4 heteroatoms. The van der Waals surface area contributed by atoms with Crippen molar-refractivity contribution in [3.8, 4) is 0 Å². The van der Waals surface area contributed by atoms with E-state index in [2.05, 4.69) is 11.8 Å². The van der Waals surface area contributed by atoms with Gasteiger partial charge >= 0.3 is 0 Å². The summed E-state index contributed by atoms with van der Waals surface area (Å²) in [4.78, 5) is 12.9. The van der Waals surface area contributed by atoms with E-state index in [0.29, 0.717) is 15.8 Å². The fourth-order valence-electron chi connectivity index (χ4n) is 1.89. The van der Waals surface area contributed by atoms with Crippen LogP contribution in [0.4, 0.5) is 5.69 Å². The largest absolute Gasteiger partial charge is 0.368 e. The van der Waals surface area contributed by atoms with Crippen molar-refractivity contribution in [1.29, 1.82) is 0 Å². The quantitative estimate of drug-likeness (QED) is 0.758. The van der Waals surface area contributed by atoms with Crippen LogP contribution in [0, 0.1) is 0 Å². The zero-order chi connectivity index (χ0) is 11.5. The zero-order valence-corrected chi connectivity index (χ0v) is 10.7. The van der Waals surface area contributed by atoms with Gasteiger partial charge in [-0.25, -0.2) is 0 Å². The molecule has 0 aromatic heterocycles. The molecule has 1 aromatic rings. The van der Waals surface area contributed by atoms with Crippen molar-refractivity contribution in [2.24, 2.45) is 0 Å². The van der Waals surface area contributed by atoms with Gasteiger partial charge in [0.25, 0.3) is 0 Å². The van der Waals surface area contributed by atoms with Crippen molar-refractivity contribution in [3.63, 3.8) is 0 Å². The third-order valence-electron chi connectivity index (χ3n) is 2.69. The predicted molar refractivity (Wildman–Crippen MR) is 71.0 cm³/mol. The molecule has 1 heterocycles. The van der Waals surface area contributed by atoms with Gasteiger partial charge in [0.1, 0.15) is 6.29 Å². The molecule has 86 valence electrons. The summed E-state index contributed by atoms with van der Waals surface area (Å²) in [5, 5.41) is 1.30. The number of anilines is 1. The summed E-state index contributed by atoms with van der Waals surface area (Å²) in [6.07, 6.45) is 0.824. The van der Waals surface area contributed by atoms with Crippen LogP contribution in [0.1, 0.15) is 17.3 Å². The van der Waals surface area contributed by atoms with Crippen LogP contribution in [0.5, 0.6) is 0 Å². The van der Waals surface area contributed by atoms with E-state index in [9.17, 15) is 4.79 Å². The number of halogens is 1. The zero-order valence-electron chi connectivity index (χ0n) is 9.15. The Morgan fingerprint density at radius 2 is 2.38 bits per heavy atom. The molecule has 2 rings (SSSR count). The Morgan fingerprint density at radius 3 is 3.00 bits per heavy atom. The predicted octanol–water partition coefficient (Wildman–Crippen LogP) is 3.09. The molecule has 1 aliphatic heterocycles. The minimum atomic E-state index is 0.633. The summed E-state index contributed by atoms with van der Waals surface area (Å²) >= 11 is 8.17. The SMILES string of the molecule is CC1CN(c2ccc(C=O)cc2Cl)CCS1. The van der Waals surface area contributed by atoms with E-state index in [1.165, 1.54) is 0 Å². The van der Waals surface area contributed by atoms with Crippen molar-refractivity contribution in [2.75, 3.05) is 23.7 Å². The number of aldehydes is 1. The number of carbonyl (C=O) groups excluding carboxylic acids is 1. The minimum absolute atomic E-state index is 0.633. The van der Waals surface area contributed by atoms with Crippen molar-refractivity contribution >= 4 is 35.3 Å². The summed E-state index contributed by atoms with van der Waals surface area (Å²) in [5.41, 5.74) is 1.67. The van der Waals surface area contributed by atoms with Crippen LogP contribution >= 0.6 is 23.4 Å². The average molecular weight is 256 g/mol. The van der Waals surface area contributed by atoms with Crippen LogP contribution in [0.25, 0.3) is 0 Å². The van der Waals surface area contributed by atoms with Crippen molar-refractivity contribution in [3.05, 3.63) is 28.8 Å². The first-order valence-corrected chi connectivity index (χ1v) is 6.74. The second-order valence-corrected chi connectivity index (χ2v) is 5.91. The van der Waals surface area contributed by atoms with Crippen LogP contribution < -0.4 is 4.90 Å². The van der Waals surface area contributed by atoms with Crippen LogP contribution in [0.15, 0.2) is 18.2 Å². The second-order valence-electron chi connectivity index (χ2n) is 3.96. The van der Waals surface area contributed by atoms with Crippen LogP contribution in [0.3, 0.4) is 0 Å². The maximum atomic E-state index is 10.6. The molecule has 1 aromatic carbocycles. The molecule has 0 radical (unpaired) electrons. The Labute approximate surface area is 105 Å². The monoisotopic (exact) mass is 255 g/mol. The first-order valence-electron chi connectivity index (χ1n) is 5.32. The number of benzene rings is 1. The molecule has 2 nitrogen and oxygen atoms in total. The van der Waals surface area contributed by atoms with Gasteiger partial charge in [0.15, 0.2) is 0 Å². The number of hydrogen-bond acceptors (Lipinski definition) is 3. The highest BCUT2D eigenvalue weighted by atomic mass is 35.5. The second kappa shape index (κ2) is 5.11. The fraction of sp³-hybridized carbons (Fsp3) is 0.417. The van der Waals surface area contributed by atoms with Gasteiger partial charge in [-0.1, -0.05) is 18.5 Å². The van der Waals surface area contributed by atoms with E-state index in [-0.39, 0.29) is 0 Å². The van der Waals surface area contributed by atoms with E-state index in [4.69, 9.17) is 11.6 Å². The molecule has 1 aliphatic rings. The molecule has 0 saturated carbocycles. The standard InChI is InChI=1S/C12H14ClNOS/c1-9-7-14(4-5-16-9)12-3-2-10(8-15)6-11(12)13/h2-3,6,8-9H,4-5,7H2,1H3. The molecule has 0 aliphatic carbocycles. The van der Waals surface area contributed by atoms with E-state index >= 15 is 0 Å². The van der Waals surface area contributed by atoms with Gasteiger partial charge in [-0.3, -0.25) is 4.79 Å². The van der Waals surface area contributed by atoms with Crippen LogP contribution in [-0.2, 0) is 0 Å². The lowest BCUT2D eigenvalue weighted by Gasteiger charge is -2.33. The molecule has 1 saturated heterocycles. The third kappa shape index (κ3) is 2.53. The van der Waals surface area contributed by atoms with Crippen LogP contribution in [-0.4, -0.2) is 30.4 Å². The Morgan fingerprint density at radius 1 is 1.56 bits per heavy atom.